The van der Waals surface area contributed by atoms with Crippen molar-refractivity contribution in [2.45, 2.75) is 25.8 Å². The summed E-state index contributed by atoms with van der Waals surface area (Å²) in [5, 5.41) is 3.95. The third-order valence-electron chi connectivity index (χ3n) is 2.94. The smallest absolute Gasteiger partial charge is 0.282 e. The van der Waals surface area contributed by atoms with E-state index in [0.717, 1.165) is 25.9 Å². The fourth-order valence-electron chi connectivity index (χ4n) is 1.93. The molecule has 2 heterocycles. The number of aromatic nitrogens is 2. The predicted molar refractivity (Wildman–Crippen MR) is 74.3 cm³/mol. The summed E-state index contributed by atoms with van der Waals surface area (Å²) in [6.45, 7) is 1.57. The van der Waals surface area contributed by atoms with Gasteiger partial charge in [0.2, 0.25) is 5.91 Å². The molecule has 0 aromatic carbocycles. The van der Waals surface area contributed by atoms with Gasteiger partial charge in [-0.25, -0.2) is 4.68 Å². The van der Waals surface area contributed by atoms with Crippen LogP contribution >= 0.6 is 31.9 Å². The highest BCUT2D eigenvalue weighted by Crippen LogP contribution is 2.16. The van der Waals surface area contributed by atoms with Gasteiger partial charge in [-0.3, -0.25) is 9.59 Å². The van der Waals surface area contributed by atoms with E-state index in [0.29, 0.717) is 8.95 Å². The van der Waals surface area contributed by atoms with E-state index in [1.165, 1.54) is 17.3 Å². The van der Waals surface area contributed by atoms with Crippen molar-refractivity contribution in [1.29, 1.82) is 0 Å². The second-order valence-corrected chi connectivity index (χ2v) is 5.86. The van der Waals surface area contributed by atoms with Crippen LogP contribution in [0.15, 0.2) is 19.9 Å². The molecule has 2 rings (SSSR count). The van der Waals surface area contributed by atoms with E-state index in [9.17, 15) is 9.59 Å². The Balaban J connectivity index is 2.12. The summed E-state index contributed by atoms with van der Waals surface area (Å²) in [4.78, 5) is 25.7. The number of halogens is 2. The number of carbonyl (C=O) groups is 1. The summed E-state index contributed by atoms with van der Waals surface area (Å²) in [5.41, 5.74) is -0.297. The molecule has 0 N–H and O–H groups in total. The van der Waals surface area contributed by atoms with E-state index in [-0.39, 0.29) is 18.0 Å². The lowest BCUT2D eigenvalue weighted by atomic mass is 10.1. The predicted octanol–water partition coefficient (Wildman–Crippen LogP) is 1.78. The normalized spacial score (nSPS) is 15.8. The first-order valence-corrected chi connectivity index (χ1v) is 7.37. The molecule has 0 radical (unpaired) electrons. The summed E-state index contributed by atoms with van der Waals surface area (Å²) in [7, 11) is 0. The van der Waals surface area contributed by atoms with Crippen molar-refractivity contribution in [2.24, 2.45) is 0 Å². The third-order valence-corrected chi connectivity index (χ3v) is 4.84. The molecule has 0 unspecified atom stereocenters. The Morgan fingerprint density at radius 2 is 1.94 bits per heavy atom. The number of nitrogens with zero attached hydrogens (tertiary/aromatic N) is 3. The van der Waals surface area contributed by atoms with E-state index >= 15 is 0 Å². The number of rotatable bonds is 2. The van der Waals surface area contributed by atoms with E-state index in [2.05, 4.69) is 37.0 Å². The first kappa shape index (κ1) is 13.7. The molecule has 0 atom stereocenters. The van der Waals surface area contributed by atoms with E-state index in [1.54, 1.807) is 4.90 Å². The van der Waals surface area contributed by atoms with Crippen LogP contribution in [0.4, 0.5) is 0 Å². The van der Waals surface area contributed by atoms with Crippen LogP contribution < -0.4 is 5.56 Å². The molecule has 18 heavy (non-hydrogen) atoms. The number of hydrogen-bond acceptors (Lipinski definition) is 3. The SMILES string of the molecule is O=C(Cn1ncc(Br)c(Br)c1=O)N1CCCCC1. The minimum absolute atomic E-state index is 0.00468. The lowest BCUT2D eigenvalue weighted by Gasteiger charge is -2.26. The van der Waals surface area contributed by atoms with Crippen LogP contribution in [-0.4, -0.2) is 33.7 Å². The molecule has 0 aliphatic carbocycles. The minimum Gasteiger partial charge on any atom is -0.341 e. The van der Waals surface area contributed by atoms with Crippen LogP contribution in [0, 0.1) is 0 Å². The second-order valence-electron chi connectivity index (χ2n) is 4.21. The van der Waals surface area contributed by atoms with Crippen LogP contribution in [0.2, 0.25) is 0 Å². The molecule has 5 nitrogen and oxygen atoms in total. The fourth-order valence-corrected chi connectivity index (χ4v) is 2.50. The highest BCUT2D eigenvalue weighted by Gasteiger charge is 2.18. The first-order valence-electron chi connectivity index (χ1n) is 5.78. The molecule has 1 aromatic heterocycles. The topological polar surface area (TPSA) is 55.2 Å². The lowest BCUT2D eigenvalue weighted by molar-refractivity contribution is -0.133. The van der Waals surface area contributed by atoms with Crippen LogP contribution in [0.5, 0.6) is 0 Å². The molecule has 0 saturated carbocycles. The van der Waals surface area contributed by atoms with Crippen molar-refractivity contribution in [3.63, 3.8) is 0 Å². The molecule has 1 amide bonds. The summed E-state index contributed by atoms with van der Waals surface area (Å²) >= 11 is 6.38. The maximum atomic E-state index is 12.0. The Kier molecular flexibility index (Phi) is 4.55. The van der Waals surface area contributed by atoms with Crippen molar-refractivity contribution in [2.75, 3.05) is 13.1 Å². The Morgan fingerprint density at radius 3 is 2.61 bits per heavy atom. The van der Waals surface area contributed by atoms with Crippen molar-refractivity contribution in [3.05, 3.63) is 25.5 Å². The molecule has 1 saturated heterocycles. The van der Waals surface area contributed by atoms with Crippen molar-refractivity contribution in [1.82, 2.24) is 14.7 Å². The molecular weight excluding hydrogens is 366 g/mol. The van der Waals surface area contributed by atoms with Gasteiger partial charge in [0.15, 0.2) is 0 Å². The van der Waals surface area contributed by atoms with E-state index < -0.39 is 0 Å². The van der Waals surface area contributed by atoms with Crippen LogP contribution in [-0.2, 0) is 11.3 Å². The van der Waals surface area contributed by atoms with Crippen molar-refractivity contribution >= 4 is 37.8 Å². The number of hydrogen-bond donors (Lipinski definition) is 0. The monoisotopic (exact) mass is 377 g/mol. The number of amides is 1. The van der Waals surface area contributed by atoms with Gasteiger partial charge >= 0.3 is 0 Å². The molecule has 1 aromatic rings. The Hall–Kier alpha value is -0.690. The molecule has 7 heteroatoms. The highest BCUT2D eigenvalue weighted by atomic mass is 79.9. The quantitative estimate of drug-likeness (QED) is 0.788. The summed E-state index contributed by atoms with van der Waals surface area (Å²) in [6.07, 6.45) is 4.76. The van der Waals surface area contributed by atoms with Gasteiger partial charge in [-0.15, -0.1) is 0 Å². The highest BCUT2D eigenvalue weighted by molar-refractivity contribution is 9.13. The van der Waals surface area contributed by atoms with Crippen LogP contribution in [0.1, 0.15) is 19.3 Å². The van der Waals surface area contributed by atoms with E-state index in [1.807, 2.05) is 0 Å². The summed E-state index contributed by atoms with van der Waals surface area (Å²) in [6, 6.07) is 0. The Bertz CT molecular complexity index is 510. The Labute approximate surface area is 121 Å². The number of likely N-dealkylation sites (tertiary alicyclic amines) is 1. The zero-order chi connectivity index (χ0) is 13.1. The van der Waals surface area contributed by atoms with Gasteiger partial charge in [0.05, 0.1) is 10.7 Å². The van der Waals surface area contributed by atoms with Gasteiger partial charge in [0, 0.05) is 13.1 Å². The standard InChI is InChI=1S/C11H13Br2N3O2/c12-8-6-14-16(11(18)10(8)13)7-9(17)15-4-2-1-3-5-15/h6H,1-5,7H2. The average molecular weight is 379 g/mol. The molecule has 1 fully saturated rings. The van der Waals surface area contributed by atoms with E-state index in [4.69, 9.17) is 0 Å². The van der Waals surface area contributed by atoms with Gasteiger partial charge in [-0.05, 0) is 51.1 Å². The molecule has 0 spiro atoms. The number of piperidine rings is 1. The zero-order valence-corrected chi connectivity index (χ0v) is 12.9. The van der Waals surface area contributed by atoms with Gasteiger partial charge in [0.1, 0.15) is 11.0 Å². The summed E-state index contributed by atoms with van der Waals surface area (Å²) < 4.78 is 2.17. The van der Waals surface area contributed by atoms with Gasteiger partial charge < -0.3 is 4.90 Å². The summed E-state index contributed by atoms with van der Waals surface area (Å²) in [5.74, 6) is -0.0430. The molecule has 98 valence electrons. The maximum Gasteiger partial charge on any atom is 0.282 e. The third kappa shape index (κ3) is 3.00. The van der Waals surface area contributed by atoms with Crippen molar-refractivity contribution in [3.8, 4) is 0 Å². The number of carbonyl (C=O) groups excluding carboxylic acids is 1. The molecule has 1 aliphatic heterocycles. The molecule has 0 bridgehead atoms. The maximum absolute atomic E-state index is 12.0. The first-order chi connectivity index (χ1) is 8.59. The van der Waals surface area contributed by atoms with Crippen LogP contribution in [0.3, 0.4) is 0 Å². The fraction of sp³-hybridized carbons (Fsp3) is 0.545. The van der Waals surface area contributed by atoms with Gasteiger partial charge in [-0.2, -0.15) is 5.10 Å². The molecule has 1 aliphatic rings. The lowest BCUT2D eigenvalue weighted by Crippen LogP contribution is -2.40. The zero-order valence-electron chi connectivity index (χ0n) is 9.73. The van der Waals surface area contributed by atoms with Crippen molar-refractivity contribution < 1.29 is 4.79 Å². The minimum atomic E-state index is -0.297. The van der Waals surface area contributed by atoms with Crippen LogP contribution in [0.25, 0.3) is 0 Å². The largest absolute Gasteiger partial charge is 0.341 e. The molecular formula is C11H13Br2N3O2. The average Bonchev–Trinajstić information content (AvgIpc) is 2.40. The Morgan fingerprint density at radius 1 is 1.28 bits per heavy atom. The van der Waals surface area contributed by atoms with Gasteiger partial charge in [-0.1, -0.05) is 0 Å². The second kappa shape index (κ2) is 5.97. The van der Waals surface area contributed by atoms with Gasteiger partial charge in [0.25, 0.3) is 5.56 Å².